The number of amides is 2. The lowest BCUT2D eigenvalue weighted by atomic mass is 10.1. The molecule has 6 heteroatoms. The Bertz CT molecular complexity index is 977. The summed E-state index contributed by atoms with van der Waals surface area (Å²) in [6.45, 7) is 5.96. The van der Waals surface area contributed by atoms with Crippen molar-refractivity contribution in [2.45, 2.75) is 51.3 Å². The Morgan fingerprint density at radius 1 is 1.07 bits per heavy atom. The van der Waals surface area contributed by atoms with Crippen molar-refractivity contribution in [3.63, 3.8) is 0 Å². The Morgan fingerprint density at radius 2 is 1.72 bits per heavy atom. The molecule has 5 nitrogen and oxygen atoms in total. The number of carbonyl (C=O) groups is 2. The molecule has 1 saturated heterocycles. The monoisotopic (exact) mass is 407 g/mol. The van der Waals surface area contributed by atoms with Gasteiger partial charge in [0.1, 0.15) is 5.25 Å². The normalized spacial score (nSPS) is 20.4. The van der Waals surface area contributed by atoms with Crippen LogP contribution >= 0.6 is 11.8 Å². The SMILES string of the molecule is Cc1ccccc1N=C1S[C@@H](CC(=O)Nc2c(C)cccc2C)C(=O)N1C1CC1. The molecule has 0 radical (unpaired) electrons. The average Bonchev–Trinajstić information content (AvgIpc) is 3.46. The van der Waals surface area contributed by atoms with E-state index in [0.717, 1.165) is 46.1 Å². The third-order valence-electron chi connectivity index (χ3n) is 5.33. The Kier molecular flexibility index (Phi) is 5.46. The summed E-state index contributed by atoms with van der Waals surface area (Å²) >= 11 is 1.41. The number of nitrogens with zero attached hydrogens (tertiary/aromatic N) is 2. The van der Waals surface area contributed by atoms with Crippen molar-refractivity contribution in [1.82, 2.24) is 4.90 Å². The standard InChI is InChI=1S/C23H25N3O2S/c1-14-7-4-5-10-18(14)24-23-26(17-11-12-17)22(28)19(29-23)13-20(27)25-21-15(2)8-6-9-16(21)3/h4-10,17,19H,11-13H2,1-3H3,(H,25,27)/t19-/m0/s1. The van der Waals surface area contributed by atoms with Crippen LogP contribution in [-0.4, -0.2) is 33.2 Å². The van der Waals surface area contributed by atoms with Gasteiger partial charge in [-0.2, -0.15) is 0 Å². The molecule has 0 unspecified atom stereocenters. The molecule has 1 heterocycles. The molecule has 1 aliphatic carbocycles. The summed E-state index contributed by atoms with van der Waals surface area (Å²) in [5.41, 5.74) is 4.81. The van der Waals surface area contributed by atoms with Crippen LogP contribution < -0.4 is 5.32 Å². The Hall–Kier alpha value is -2.60. The van der Waals surface area contributed by atoms with Gasteiger partial charge in [-0.15, -0.1) is 0 Å². The molecule has 2 amide bonds. The number of thioether (sulfide) groups is 1. The predicted molar refractivity (Wildman–Crippen MR) is 119 cm³/mol. The maximum absolute atomic E-state index is 13.0. The fourth-order valence-corrected chi connectivity index (χ4v) is 4.73. The van der Waals surface area contributed by atoms with Crippen LogP contribution in [0.15, 0.2) is 47.5 Å². The highest BCUT2D eigenvalue weighted by molar-refractivity contribution is 8.15. The summed E-state index contributed by atoms with van der Waals surface area (Å²) in [4.78, 5) is 32.3. The average molecular weight is 408 g/mol. The van der Waals surface area contributed by atoms with Crippen LogP contribution in [0.2, 0.25) is 0 Å². The quantitative estimate of drug-likeness (QED) is 0.779. The molecule has 2 aromatic carbocycles. The van der Waals surface area contributed by atoms with Crippen molar-refractivity contribution in [2.24, 2.45) is 4.99 Å². The van der Waals surface area contributed by atoms with E-state index in [0.29, 0.717) is 0 Å². The van der Waals surface area contributed by atoms with Crippen LogP contribution in [0.25, 0.3) is 0 Å². The first-order valence-electron chi connectivity index (χ1n) is 9.94. The highest BCUT2D eigenvalue weighted by Crippen LogP contribution is 2.39. The minimum atomic E-state index is -0.428. The molecule has 2 aliphatic rings. The smallest absolute Gasteiger partial charge is 0.242 e. The molecule has 4 rings (SSSR count). The number of aryl methyl sites for hydroxylation is 3. The summed E-state index contributed by atoms with van der Waals surface area (Å²) in [5, 5.41) is 3.29. The van der Waals surface area contributed by atoms with Gasteiger partial charge in [0, 0.05) is 18.2 Å². The highest BCUT2D eigenvalue weighted by atomic mass is 32.2. The summed E-state index contributed by atoms with van der Waals surface area (Å²) in [7, 11) is 0. The van der Waals surface area contributed by atoms with Crippen molar-refractivity contribution in [3.8, 4) is 0 Å². The number of para-hydroxylation sites is 2. The molecule has 29 heavy (non-hydrogen) atoms. The number of anilines is 1. The first-order valence-corrected chi connectivity index (χ1v) is 10.8. The fourth-order valence-electron chi connectivity index (χ4n) is 3.52. The van der Waals surface area contributed by atoms with Crippen LogP contribution in [0.4, 0.5) is 11.4 Å². The maximum atomic E-state index is 13.0. The molecule has 1 atom stereocenters. The Balaban J connectivity index is 1.52. The molecule has 1 aliphatic heterocycles. The summed E-state index contributed by atoms with van der Waals surface area (Å²) in [6.07, 6.45) is 2.15. The lowest BCUT2D eigenvalue weighted by molar-refractivity contribution is -0.128. The molecule has 0 bridgehead atoms. The van der Waals surface area contributed by atoms with E-state index >= 15 is 0 Å². The summed E-state index contributed by atoms with van der Waals surface area (Å²) in [6, 6.07) is 14.0. The van der Waals surface area contributed by atoms with Crippen molar-refractivity contribution < 1.29 is 9.59 Å². The third-order valence-corrected chi connectivity index (χ3v) is 6.48. The number of aliphatic imine (C=N–C) groups is 1. The molecule has 1 N–H and O–H groups in total. The van der Waals surface area contributed by atoms with E-state index in [1.165, 1.54) is 11.8 Å². The zero-order valence-corrected chi connectivity index (χ0v) is 17.8. The largest absolute Gasteiger partial charge is 0.326 e. The predicted octanol–water partition coefficient (Wildman–Crippen LogP) is 4.73. The summed E-state index contributed by atoms with van der Waals surface area (Å²) in [5.74, 6) is -0.136. The van der Waals surface area contributed by atoms with E-state index in [2.05, 4.69) is 5.32 Å². The molecule has 150 valence electrons. The molecule has 0 spiro atoms. The van der Waals surface area contributed by atoms with E-state index in [4.69, 9.17) is 4.99 Å². The second kappa shape index (κ2) is 8.03. The number of rotatable bonds is 5. The van der Waals surface area contributed by atoms with Gasteiger partial charge in [-0.25, -0.2) is 4.99 Å². The number of carbonyl (C=O) groups excluding carboxylic acids is 2. The zero-order valence-electron chi connectivity index (χ0n) is 16.9. The number of hydrogen-bond acceptors (Lipinski definition) is 4. The van der Waals surface area contributed by atoms with Crippen molar-refractivity contribution >= 4 is 40.1 Å². The van der Waals surface area contributed by atoms with Gasteiger partial charge in [-0.3, -0.25) is 14.5 Å². The minimum Gasteiger partial charge on any atom is -0.326 e. The summed E-state index contributed by atoms with van der Waals surface area (Å²) < 4.78 is 0. The van der Waals surface area contributed by atoms with E-state index < -0.39 is 5.25 Å². The lowest BCUT2D eigenvalue weighted by Gasteiger charge is -2.16. The van der Waals surface area contributed by atoms with E-state index in [1.807, 2.05) is 68.1 Å². The maximum Gasteiger partial charge on any atom is 0.242 e. The van der Waals surface area contributed by atoms with Gasteiger partial charge < -0.3 is 5.32 Å². The van der Waals surface area contributed by atoms with E-state index in [1.54, 1.807) is 0 Å². The van der Waals surface area contributed by atoms with Gasteiger partial charge >= 0.3 is 0 Å². The van der Waals surface area contributed by atoms with Crippen LogP contribution in [0.1, 0.15) is 36.0 Å². The molecular formula is C23H25N3O2S. The molecule has 0 aromatic heterocycles. The third kappa shape index (κ3) is 4.22. The number of amidine groups is 1. The number of benzene rings is 2. The minimum absolute atomic E-state index is 0.00138. The molecule has 1 saturated carbocycles. The van der Waals surface area contributed by atoms with E-state index in [-0.39, 0.29) is 24.3 Å². The van der Waals surface area contributed by atoms with E-state index in [9.17, 15) is 9.59 Å². The first kappa shape index (κ1) is 19.7. The van der Waals surface area contributed by atoms with Crippen LogP contribution in [-0.2, 0) is 9.59 Å². The molecule has 2 aromatic rings. The van der Waals surface area contributed by atoms with Gasteiger partial charge in [0.2, 0.25) is 11.8 Å². The highest BCUT2D eigenvalue weighted by Gasteiger charge is 2.46. The fraction of sp³-hybridized carbons (Fsp3) is 0.348. The van der Waals surface area contributed by atoms with Crippen LogP contribution in [0.3, 0.4) is 0 Å². The second-order valence-corrected chi connectivity index (χ2v) is 8.92. The van der Waals surface area contributed by atoms with Gasteiger partial charge in [0.05, 0.1) is 5.69 Å². The number of hydrogen-bond donors (Lipinski definition) is 1. The number of nitrogens with one attached hydrogen (secondary N) is 1. The first-order chi connectivity index (χ1) is 13.9. The topological polar surface area (TPSA) is 61.8 Å². The van der Waals surface area contributed by atoms with Gasteiger partial charge in [-0.1, -0.05) is 48.2 Å². The van der Waals surface area contributed by atoms with Crippen molar-refractivity contribution in [1.29, 1.82) is 0 Å². The lowest BCUT2D eigenvalue weighted by Crippen LogP contribution is -2.35. The van der Waals surface area contributed by atoms with Gasteiger partial charge in [0.25, 0.3) is 0 Å². The molecular weight excluding hydrogens is 382 g/mol. The second-order valence-electron chi connectivity index (χ2n) is 7.75. The molecule has 2 fully saturated rings. The van der Waals surface area contributed by atoms with Crippen molar-refractivity contribution in [2.75, 3.05) is 5.32 Å². The van der Waals surface area contributed by atoms with Crippen LogP contribution in [0.5, 0.6) is 0 Å². The van der Waals surface area contributed by atoms with Crippen molar-refractivity contribution in [3.05, 3.63) is 59.2 Å². The van der Waals surface area contributed by atoms with Crippen LogP contribution in [0, 0.1) is 20.8 Å². The van der Waals surface area contributed by atoms with Gasteiger partial charge in [-0.05, 0) is 56.4 Å². The Labute approximate surface area is 175 Å². The zero-order chi connectivity index (χ0) is 20.5. The Morgan fingerprint density at radius 3 is 2.38 bits per heavy atom. The van der Waals surface area contributed by atoms with Gasteiger partial charge in [0.15, 0.2) is 5.17 Å².